The summed E-state index contributed by atoms with van der Waals surface area (Å²) in [5.41, 5.74) is 2.30. The fraction of sp³-hybridized carbons (Fsp3) is 0.542. The van der Waals surface area contributed by atoms with Crippen molar-refractivity contribution in [1.82, 2.24) is 19.8 Å². The third-order valence-electron chi connectivity index (χ3n) is 7.11. The summed E-state index contributed by atoms with van der Waals surface area (Å²) < 4.78 is 27.1. The molecule has 0 radical (unpaired) electrons. The Bertz CT molecular complexity index is 988. The Morgan fingerprint density at radius 3 is 2.53 bits per heavy atom. The first kappa shape index (κ1) is 21.2. The molecular weight excluding hydrogens is 412 g/mol. The first-order valence-electron chi connectivity index (χ1n) is 11.6. The molecule has 3 heterocycles. The first-order valence-corrected chi connectivity index (χ1v) is 11.6. The Morgan fingerprint density at radius 2 is 1.81 bits per heavy atom. The number of hydrogen-bond donors (Lipinski definition) is 0. The van der Waals surface area contributed by atoms with Crippen molar-refractivity contribution >= 4 is 11.9 Å². The highest BCUT2D eigenvalue weighted by Crippen LogP contribution is 2.26. The molecule has 1 aromatic carbocycles. The zero-order chi connectivity index (χ0) is 22.1. The standard InChI is InChI=1S/C24H29F2N5O/c25-19-5-4-17(21(26)15-19)14-23(32)30-8-6-18-16-27-24(28-22(18)7-9-30)31-12-10-29(11-13-31)20-2-1-3-20/h4-5,15-16,20H,1-3,6-14H2. The molecule has 3 aliphatic rings. The quantitative estimate of drug-likeness (QED) is 0.730. The van der Waals surface area contributed by atoms with Gasteiger partial charge >= 0.3 is 0 Å². The van der Waals surface area contributed by atoms with E-state index in [0.717, 1.165) is 55.5 Å². The molecule has 1 aliphatic carbocycles. The molecule has 1 saturated heterocycles. The summed E-state index contributed by atoms with van der Waals surface area (Å²) in [5, 5.41) is 0. The highest BCUT2D eigenvalue weighted by Gasteiger charge is 2.29. The van der Waals surface area contributed by atoms with Crippen molar-refractivity contribution < 1.29 is 13.6 Å². The average Bonchev–Trinajstić information content (AvgIpc) is 2.97. The predicted molar refractivity (Wildman–Crippen MR) is 118 cm³/mol. The number of aromatic nitrogens is 2. The van der Waals surface area contributed by atoms with E-state index < -0.39 is 11.6 Å². The molecule has 8 heteroatoms. The SMILES string of the molecule is O=C(Cc1ccc(F)cc1F)N1CCc2cnc(N3CCN(C4CCC4)CC3)nc2CC1. The van der Waals surface area contributed by atoms with Crippen molar-refractivity contribution in [2.24, 2.45) is 0 Å². The maximum absolute atomic E-state index is 13.9. The van der Waals surface area contributed by atoms with Crippen LogP contribution in [-0.2, 0) is 24.1 Å². The Kier molecular flexibility index (Phi) is 6.04. The molecule has 0 N–H and O–H groups in total. The Balaban J connectivity index is 1.20. The average molecular weight is 442 g/mol. The number of hydrogen-bond acceptors (Lipinski definition) is 5. The lowest BCUT2D eigenvalue weighted by Gasteiger charge is -2.43. The number of carbonyl (C=O) groups is 1. The number of anilines is 1. The lowest BCUT2D eigenvalue weighted by molar-refractivity contribution is -0.130. The largest absolute Gasteiger partial charge is 0.342 e. The van der Waals surface area contributed by atoms with Crippen LogP contribution < -0.4 is 4.90 Å². The van der Waals surface area contributed by atoms with Crippen molar-refractivity contribution in [3.8, 4) is 0 Å². The topological polar surface area (TPSA) is 52.6 Å². The van der Waals surface area contributed by atoms with Gasteiger partial charge in [0.15, 0.2) is 0 Å². The van der Waals surface area contributed by atoms with Gasteiger partial charge in [0.2, 0.25) is 11.9 Å². The number of amides is 1. The van der Waals surface area contributed by atoms with E-state index in [1.54, 1.807) is 4.90 Å². The highest BCUT2D eigenvalue weighted by molar-refractivity contribution is 5.79. The van der Waals surface area contributed by atoms with Crippen molar-refractivity contribution in [3.63, 3.8) is 0 Å². The van der Waals surface area contributed by atoms with E-state index in [0.29, 0.717) is 25.9 Å². The van der Waals surface area contributed by atoms with Crippen molar-refractivity contribution in [2.75, 3.05) is 44.2 Å². The summed E-state index contributed by atoms with van der Waals surface area (Å²) in [7, 11) is 0. The minimum atomic E-state index is -0.677. The van der Waals surface area contributed by atoms with Gasteiger partial charge in [0.25, 0.3) is 0 Å². The number of fused-ring (bicyclic) bond motifs is 1. The summed E-state index contributed by atoms with van der Waals surface area (Å²) in [5.74, 6) is -0.680. The van der Waals surface area contributed by atoms with E-state index in [2.05, 4.69) is 14.8 Å². The van der Waals surface area contributed by atoms with Crippen molar-refractivity contribution in [2.45, 2.75) is 44.6 Å². The van der Waals surface area contributed by atoms with Crippen LogP contribution in [0.25, 0.3) is 0 Å². The fourth-order valence-electron chi connectivity index (χ4n) is 4.85. The normalized spacial score (nSPS) is 19.9. The van der Waals surface area contributed by atoms with E-state index in [1.165, 1.54) is 31.4 Å². The number of carbonyl (C=O) groups excluding carboxylic acids is 1. The molecule has 0 bridgehead atoms. The highest BCUT2D eigenvalue weighted by atomic mass is 19.1. The van der Waals surface area contributed by atoms with E-state index in [1.807, 2.05) is 6.20 Å². The monoisotopic (exact) mass is 441 g/mol. The van der Waals surface area contributed by atoms with Gasteiger partial charge in [0.1, 0.15) is 11.6 Å². The second kappa shape index (κ2) is 9.10. The van der Waals surface area contributed by atoms with Crippen LogP contribution in [0.3, 0.4) is 0 Å². The van der Waals surface area contributed by atoms with E-state index in [4.69, 9.17) is 4.98 Å². The minimum absolute atomic E-state index is 0.0648. The van der Waals surface area contributed by atoms with E-state index >= 15 is 0 Å². The molecule has 0 unspecified atom stereocenters. The zero-order valence-electron chi connectivity index (χ0n) is 18.3. The van der Waals surface area contributed by atoms with Crippen LogP contribution in [0.4, 0.5) is 14.7 Å². The molecule has 6 nitrogen and oxygen atoms in total. The maximum atomic E-state index is 13.9. The molecule has 5 rings (SSSR count). The van der Waals surface area contributed by atoms with Gasteiger partial charge < -0.3 is 9.80 Å². The summed E-state index contributed by atoms with van der Waals surface area (Å²) in [6, 6.07) is 4.13. The van der Waals surface area contributed by atoms with Crippen molar-refractivity contribution in [3.05, 3.63) is 52.9 Å². The maximum Gasteiger partial charge on any atom is 0.227 e. The molecule has 2 fully saturated rings. The minimum Gasteiger partial charge on any atom is -0.342 e. The van der Waals surface area contributed by atoms with E-state index in [-0.39, 0.29) is 17.9 Å². The third-order valence-corrected chi connectivity index (χ3v) is 7.11. The Hall–Kier alpha value is -2.61. The molecule has 2 aromatic rings. The Morgan fingerprint density at radius 1 is 1.03 bits per heavy atom. The van der Waals surface area contributed by atoms with Gasteiger partial charge in [-0.3, -0.25) is 9.69 Å². The number of halogens is 2. The molecule has 170 valence electrons. The van der Waals surface area contributed by atoms with Gasteiger partial charge in [-0.1, -0.05) is 12.5 Å². The van der Waals surface area contributed by atoms with Crippen molar-refractivity contribution in [1.29, 1.82) is 0 Å². The van der Waals surface area contributed by atoms with Gasteiger partial charge in [-0.2, -0.15) is 0 Å². The number of nitrogens with zero attached hydrogens (tertiary/aromatic N) is 5. The van der Waals surface area contributed by atoms with Gasteiger partial charge in [-0.15, -0.1) is 0 Å². The van der Waals surface area contributed by atoms with Crippen LogP contribution in [0, 0.1) is 11.6 Å². The zero-order valence-corrected chi connectivity index (χ0v) is 18.3. The summed E-state index contributed by atoms with van der Waals surface area (Å²) in [6.07, 6.45) is 7.20. The summed E-state index contributed by atoms with van der Waals surface area (Å²) >= 11 is 0. The summed E-state index contributed by atoms with van der Waals surface area (Å²) in [4.78, 5) is 28.9. The molecular formula is C24H29F2N5O. The van der Waals surface area contributed by atoms with Crippen LogP contribution in [0.1, 0.15) is 36.1 Å². The van der Waals surface area contributed by atoms with Gasteiger partial charge in [0.05, 0.1) is 12.1 Å². The molecule has 1 saturated carbocycles. The van der Waals surface area contributed by atoms with Crippen LogP contribution in [0.15, 0.2) is 24.4 Å². The van der Waals surface area contributed by atoms with Crippen LogP contribution in [0.5, 0.6) is 0 Å². The van der Waals surface area contributed by atoms with Crippen LogP contribution >= 0.6 is 0 Å². The van der Waals surface area contributed by atoms with E-state index in [9.17, 15) is 13.6 Å². The fourth-order valence-corrected chi connectivity index (χ4v) is 4.85. The Labute approximate surface area is 187 Å². The second-order valence-electron chi connectivity index (χ2n) is 9.04. The summed E-state index contributed by atoms with van der Waals surface area (Å²) in [6.45, 7) is 5.12. The smallest absolute Gasteiger partial charge is 0.227 e. The molecule has 0 spiro atoms. The third kappa shape index (κ3) is 4.46. The van der Waals surface area contributed by atoms with Gasteiger partial charge in [-0.05, 0) is 36.5 Å². The number of benzene rings is 1. The lowest BCUT2D eigenvalue weighted by Crippen LogP contribution is -2.52. The first-order chi connectivity index (χ1) is 15.6. The van der Waals surface area contributed by atoms with Gasteiger partial charge in [0, 0.05) is 64.0 Å². The number of piperazine rings is 1. The van der Waals surface area contributed by atoms with Crippen LogP contribution in [0.2, 0.25) is 0 Å². The molecule has 1 aromatic heterocycles. The molecule has 1 amide bonds. The molecule has 32 heavy (non-hydrogen) atoms. The number of rotatable bonds is 4. The lowest BCUT2D eigenvalue weighted by atomic mass is 9.91. The predicted octanol–water partition coefficient (Wildman–Crippen LogP) is 2.60. The van der Waals surface area contributed by atoms with Crippen LogP contribution in [-0.4, -0.2) is 71.0 Å². The molecule has 2 aliphatic heterocycles. The second-order valence-corrected chi connectivity index (χ2v) is 9.04. The molecule has 0 atom stereocenters. The van der Waals surface area contributed by atoms with Gasteiger partial charge in [-0.25, -0.2) is 18.7 Å².